The number of anilines is 6. The number of benzene rings is 12. The lowest BCUT2D eigenvalue weighted by Gasteiger charge is -2.34. The van der Waals surface area contributed by atoms with Crippen LogP contribution in [0.1, 0.15) is 47.2 Å². The molecule has 0 saturated heterocycles. The zero-order chi connectivity index (χ0) is 48.4. The smallest absolute Gasteiger partial charge is 0.0497 e. The topological polar surface area (TPSA) is 6.48 Å². The monoisotopic (exact) mass is 930 g/mol. The van der Waals surface area contributed by atoms with Gasteiger partial charge in [-0.05, 0) is 177 Å². The molecule has 0 bridgehead atoms. The summed E-state index contributed by atoms with van der Waals surface area (Å²) in [5.74, 6) is 0. The van der Waals surface area contributed by atoms with E-state index < -0.39 is 0 Å². The van der Waals surface area contributed by atoms with Crippen molar-refractivity contribution in [2.75, 3.05) is 9.80 Å². The fourth-order valence-corrected chi connectivity index (χ4v) is 12.9. The van der Waals surface area contributed by atoms with Crippen molar-refractivity contribution in [3.05, 3.63) is 276 Å². The van der Waals surface area contributed by atoms with Gasteiger partial charge in [-0.3, -0.25) is 0 Å². The van der Waals surface area contributed by atoms with E-state index in [1.165, 1.54) is 133 Å². The molecule has 0 atom stereocenters. The van der Waals surface area contributed by atoms with Crippen molar-refractivity contribution in [3.63, 3.8) is 0 Å². The van der Waals surface area contributed by atoms with Crippen LogP contribution in [0.4, 0.5) is 34.1 Å². The molecule has 0 radical (unpaired) electrons. The lowest BCUT2D eigenvalue weighted by molar-refractivity contribution is 0.660. The predicted octanol–water partition coefficient (Wildman–Crippen LogP) is 19.2. The second-order valence-electron chi connectivity index (χ2n) is 20.8. The van der Waals surface area contributed by atoms with Crippen molar-refractivity contribution in [1.82, 2.24) is 0 Å². The van der Waals surface area contributed by atoms with Gasteiger partial charge in [-0.25, -0.2) is 0 Å². The minimum atomic E-state index is -0.0975. The van der Waals surface area contributed by atoms with Crippen molar-refractivity contribution in [3.8, 4) is 44.5 Å². The Morgan fingerprint density at radius 1 is 0.301 bits per heavy atom. The number of nitrogens with zero attached hydrogens (tertiary/aromatic N) is 2. The summed E-state index contributed by atoms with van der Waals surface area (Å²) in [6, 6.07) is 91.5. The van der Waals surface area contributed by atoms with Crippen LogP contribution < -0.4 is 9.80 Å². The van der Waals surface area contributed by atoms with E-state index in [-0.39, 0.29) is 5.41 Å². The summed E-state index contributed by atoms with van der Waals surface area (Å²) in [5, 5.41) is 7.35. The van der Waals surface area contributed by atoms with Gasteiger partial charge < -0.3 is 9.80 Å². The van der Waals surface area contributed by atoms with E-state index in [9.17, 15) is 0 Å². The SMILES string of the molecule is CC1(C)c2ccccc2-c2ccc(-c3cccc(-c4c5ccc(N6c7ccccc7Cc7ccccc76)cc5c(-c5ccc6ccccc6c5)c5ccc(N6c7ccccc7Cc7ccccc76)cc45)c3)cc21. The highest BCUT2D eigenvalue weighted by molar-refractivity contribution is 6.23. The molecule has 0 saturated carbocycles. The largest absolute Gasteiger partial charge is 0.310 e. The summed E-state index contributed by atoms with van der Waals surface area (Å²) in [6.07, 6.45) is 1.82. The Bertz CT molecular complexity index is 4180. The number of para-hydroxylation sites is 4. The second-order valence-corrected chi connectivity index (χ2v) is 20.8. The first-order valence-electron chi connectivity index (χ1n) is 25.7. The number of hydrogen-bond donors (Lipinski definition) is 0. The van der Waals surface area contributed by atoms with E-state index in [2.05, 4.69) is 266 Å². The molecule has 0 unspecified atom stereocenters. The van der Waals surface area contributed by atoms with Crippen LogP contribution in [0, 0.1) is 0 Å². The zero-order valence-corrected chi connectivity index (χ0v) is 40.9. The molecular formula is C71H50N2. The van der Waals surface area contributed by atoms with Gasteiger partial charge in [0.1, 0.15) is 0 Å². The van der Waals surface area contributed by atoms with Gasteiger partial charge in [0.15, 0.2) is 0 Å². The average molecular weight is 931 g/mol. The molecular weight excluding hydrogens is 881 g/mol. The van der Waals surface area contributed by atoms with E-state index in [4.69, 9.17) is 0 Å². The zero-order valence-electron chi connectivity index (χ0n) is 40.9. The van der Waals surface area contributed by atoms with Gasteiger partial charge in [0, 0.05) is 52.4 Å². The van der Waals surface area contributed by atoms with Crippen molar-refractivity contribution < 1.29 is 0 Å². The maximum absolute atomic E-state index is 2.49. The first-order valence-corrected chi connectivity index (χ1v) is 25.7. The summed E-state index contributed by atoms with van der Waals surface area (Å²) in [7, 11) is 0. The van der Waals surface area contributed by atoms with E-state index in [1.807, 2.05) is 0 Å². The Balaban J connectivity index is 1.02. The molecule has 1 aliphatic carbocycles. The second kappa shape index (κ2) is 16.0. The predicted molar refractivity (Wildman–Crippen MR) is 308 cm³/mol. The third-order valence-corrected chi connectivity index (χ3v) is 16.4. The summed E-state index contributed by atoms with van der Waals surface area (Å²) in [4.78, 5) is 4.98. The van der Waals surface area contributed by atoms with E-state index in [1.54, 1.807) is 0 Å². The van der Waals surface area contributed by atoms with Crippen LogP contribution in [-0.4, -0.2) is 0 Å². The third kappa shape index (κ3) is 6.43. The number of rotatable bonds is 5. The van der Waals surface area contributed by atoms with Crippen LogP contribution in [0.3, 0.4) is 0 Å². The minimum Gasteiger partial charge on any atom is -0.310 e. The van der Waals surface area contributed by atoms with Crippen LogP contribution in [0.2, 0.25) is 0 Å². The van der Waals surface area contributed by atoms with Gasteiger partial charge in [0.2, 0.25) is 0 Å². The number of fused-ring (bicyclic) bond motifs is 10. The molecule has 2 aliphatic heterocycles. The lowest BCUT2D eigenvalue weighted by atomic mass is 9.81. The fourth-order valence-electron chi connectivity index (χ4n) is 12.9. The molecule has 0 fully saturated rings. The first-order chi connectivity index (χ1) is 35.9. The molecule has 15 rings (SSSR count). The Kier molecular flexibility index (Phi) is 9.16. The lowest BCUT2D eigenvalue weighted by Crippen LogP contribution is -2.18. The molecule has 12 aromatic carbocycles. The molecule has 0 spiro atoms. The summed E-state index contributed by atoms with van der Waals surface area (Å²) in [6.45, 7) is 4.75. The van der Waals surface area contributed by atoms with Gasteiger partial charge in [-0.1, -0.05) is 190 Å². The molecule has 2 nitrogen and oxygen atoms in total. The minimum absolute atomic E-state index is 0.0975. The summed E-state index contributed by atoms with van der Waals surface area (Å²) in [5.41, 5.74) is 25.2. The van der Waals surface area contributed by atoms with Crippen molar-refractivity contribution in [2.24, 2.45) is 0 Å². The molecule has 344 valence electrons. The van der Waals surface area contributed by atoms with Crippen LogP contribution >= 0.6 is 0 Å². The molecule has 0 N–H and O–H groups in total. The van der Waals surface area contributed by atoms with Gasteiger partial charge >= 0.3 is 0 Å². The highest BCUT2D eigenvalue weighted by Gasteiger charge is 2.35. The van der Waals surface area contributed by atoms with Crippen LogP contribution in [0.15, 0.2) is 243 Å². The molecule has 0 aromatic heterocycles. The van der Waals surface area contributed by atoms with Crippen LogP contribution in [-0.2, 0) is 18.3 Å². The highest BCUT2D eigenvalue weighted by Crippen LogP contribution is 2.53. The van der Waals surface area contributed by atoms with E-state index in [0.717, 1.165) is 24.2 Å². The maximum atomic E-state index is 2.49. The van der Waals surface area contributed by atoms with Crippen molar-refractivity contribution >= 4 is 66.4 Å². The quantitative estimate of drug-likeness (QED) is 0.159. The van der Waals surface area contributed by atoms with Gasteiger partial charge in [0.05, 0.1) is 0 Å². The van der Waals surface area contributed by atoms with Gasteiger partial charge in [-0.2, -0.15) is 0 Å². The Morgan fingerprint density at radius 3 is 1.34 bits per heavy atom. The third-order valence-electron chi connectivity index (χ3n) is 16.4. The standard InChI is InChI=1S/C71H50N2/c1-71(2)63-25-10-9-24-57(63)58-35-32-48(42-64(58)71)47-22-15-23-53(39-47)69-59-36-33-56(73-67-28-13-7-20-51(67)41-52-21-8-14-29-68(52)73)44-62(59)70(54-31-30-45-16-3-4-17-46(45)38-54)60-37-34-55(43-61(60)69)72-65-26-11-5-18-49(65)40-50-19-6-12-27-66(50)72/h3-39,42-44H,40-41H2,1-2H3. The van der Waals surface area contributed by atoms with Crippen LogP contribution in [0.25, 0.3) is 76.8 Å². The van der Waals surface area contributed by atoms with Crippen molar-refractivity contribution in [2.45, 2.75) is 32.1 Å². The Morgan fingerprint density at radius 2 is 0.753 bits per heavy atom. The normalized spacial score (nSPS) is 13.8. The van der Waals surface area contributed by atoms with Gasteiger partial charge in [-0.15, -0.1) is 0 Å². The fraction of sp³-hybridized carbons (Fsp3) is 0.0704. The molecule has 0 amide bonds. The molecule has 3 aliphatic rings. The Hall–Kier alpha value is -8.98. The van der Waals surface area contributed by atoms with Crippen LogP contribution in [0.5, 0.6) is 0 Å². The maximum Gasteiger partial charge on any atom is 0.0497 e. The average Bonchev–Trinajstić information content (AvgIpc) is 3.67. The van der Waals surface area contributed by atoms with Crippen molar-refractivity contribution in [1.29, 1.82) is 0 Å². The molecule has 2 heterocycles. The highest BCUT2D eigenvalue weighted by atomic mass is 15.2. The van der Waals surface area contributed by atoms with Gasteiger partial charge in [0.25, 0.3) is 0 Å². The summed E-state index contributed by atoms with van der Waals surface area (Å²) >= 11 is 0. The van der Waals surface area contributed by atoms with E-state index in [0.29, 0.717) is 0 Å². The molecule has 12 aromatic rings. The summed E-state index contributed by atoms with van der Waals surface area (Å²) < 4.78 is 0. The molecule has 73 heavy (non-hydrogen) atoms. The Labute approximate surface area is 426 Å². The molecule has 2 heteroatoms. The number of hydrogen-bond acceptors (Lipinski definition) is 2. The van der Waals surface area contributed by atoms with E-state index >= 15 is 0 Å². The first kappa shape index (κ1) is 41.8.